The third-order valence-electron chi connectivity index (χ3n) is 8.11. The fourth-order valence-corrected chi connectivity index (χ4v) is 5.36. The molecular formula is C41H72N2O2. The number of hydrogen-bond donors (Lipinski definition) is 1. The standard InChI is InChI=1S/C39H66N2O2.C2H6/c1-35(2,3)26-29-24-30(36(4,5)6)22-27(33(29)43-20-19-41(15)18-17-39(13,14)40)21-28-23-31(37(7,8)9)25-32(34(28)42-16)38(10,11)12;1-2/h22-25H,17-21,26,40H2,1-16H3;1-2H3. The summed E-state index contributed by atoms with van der Waals surface area (Å²) in [5.74, 6) is 2.03. The lowest BCUT2D eigenvalue weighted by Gasteiger charge is -2.30. The number of rotatable bonds is 11. The molecule has 0 radical (unpaired) electrons. The Morgan fingerprint density at radius 1 is 0.644 bits per heavy atom. The van der Waals surface area contributed by atoms with Gasteiger partial charge >= 0.3 is 0 Å². The van der Waals surface area contributed by atoms with Crippen LogP contribution in [0, 0.1) is 5.41 Å². The summed E-state index contributed by atoms with van der Waals surface area (Å²) >= 11 is 0. The summed E-state index contributed by atoms with van der Waals surface area (Å²) in [7, 11) is 3.98. The number of hydrogen-bond acceptors (Lipinski definition) is 4. The molecule has 2 aromatic rings. The van der Waals surface area contributed by atoms with Crippen LogP contribution in [-0.2, 0) is 29.1 Å². The van der Waals surface area contributed by atoms with Crippen molar-refractivity contribution in [2.24, 2.45) is 11.1 Å². The van der Waals surface area contributed by atoms with Crippen molar-refractivity contribution in [2.45, 2.75) is 152 Å². The predicted octanol–water partition coefficient (Wildman–Crippen LogP) is 10.2. The highest BCUT2D eigenvalue weighted by atomic mass is 16.5. The van der Waals surface area contributed by atoms with Crippen LogP contribution in [0.5, 0.6) is 11.5 Å². The molecule has 4 nitrogen and oxygen atoms in total. The maximum Gasteiger partial charge on any atom is 0.126 e. The number of benzene rings is 2. The van der Waals surface area contributed by atoms with Gasteiger partial charge in [0.15, 0.2) is 0 Å². The first-order valence-corrected chi connectivity index (χ1v) is 17.3. The Balaban J connectivity index is 0.00000496. The van der Waals surface area contributed by atoms with Crippen molar-refractivity contribution in [1.82, 2.24) is 4.90 Å². The van der Waals surface area contributed by atoms with Gasteiger partial charge in [-0.05, 0) is 89.8 Å². The lowest BCUT2D eigenvalue weighted by atomic mass is 9.77. The third-order valence-corrected chi connectivity index (χ3v) is 8.11. The van der Waals surface area contributed by atoms with Gasteiger partial charge in [0.2, 0.25) is 0 Å². The first-order valence-electron chi connectivity index (χ1n) is 17.3. The first-order chi connectivity index (χ1) is 20.3. The number of methoxy groups -OCH3 is 1. The fraction of sp³-hybridized carbons (Fsp3) is 0.707. The Bertz CT molecular complexity index is 1210. The quantitative estimate of drug-likeness (QED) is 0.270. The summed E-state index contributed by atoms with van der Waals surface area (Å²) in [5, 5.41) is 0. The van der Waals surface area contributed by atoms with Crippen LogP contribution in [-0.4, -0.2) is 44.3 Å². The lowest BCUT2D eigenvalue weighted by molar-refractivity contribution is 0.222. The van der Waals surface area contributed by atoms with Crippen LogP contribution in [0.4, 0.5) is 0 Å². The Hall–Kier alpha value is -2.04. The number of ether oxygens (including phenoxy) is 2. The van der Waals surface area contributed by atoms with Gasteiger partial charge in [-0.2, -0.15) is 0 Å². The zero-order valence-corrected chi connectivity index (χ0v) is 32.9. The van der Waals surface area contributed by atoms with Crippen LogP contribution in [0.3, 0.4) is 0 Å². The van der Waals surface area contributed by atoms with Gasteiger partial charge in [0.1, 0.15) is 18.1 Å². The van der Waals surface area contributed by atoms with Gasteiger partial charge in [-0.15, -0.1) is 0 Å². The van der Waals surface area contributed by atoms with Crippen LogP contribution in [0.15, 0.2) is 24.3 Å². The van der Waals surface area contributed by atoms with Gasteiger partial charge in [0.05, 0.1) is 7.11 Å². The topological polar surface area (TPSA) is 47.7 Å². The van der Waals surface area contributed by atoms with E-state index < -0.39 is 0 Å². The Morgan fingerprint density at radius 3 is 1.53 bits per heavy atom. The molecule has 2 rings (SSSR count). The van der Waals surface area contributed by atoms with E-state index in [1.807, 2.05) is 21.0 Å². The molecule has 4 heteroatoms. The largest absolute Gasteiger partial charge is 0.496 e. The normalized spacial score (nSPS) is 13.1. The van der Waals surface area contributed by atoms with E-state index in [0.29, 0.717) is 6.61 Å². The monoisotopic (exact) mass is 625 g/mol. The summed E-state index contributed by atoms with van der Waals surface area (Å²) in [6.07, 6.45) is 2.65. The average molecular weight is 625 g/mol. The molecule has 0 fully saturated rings. The molecule has 0 aliphatic heterocycles. The fourth-order valence-electron chi connectivity index (χ4n) is 5.36. The maximum atomic E-state index is 6.81. The van der Waals surface area contributed by atoms with Crippen molar-refractivity contribution in [3.05, 3.63) is 57.6 Å². The van der Waals surface area contributed by atoms with E-state index in [9.17, 15) is 0 Å². The predicted molar refractivity (Wildman–Crippen MR) is 199 cm³/mol. The molecule has 0 heterocycles. The Morgan fingerprint density at radius 2 is 1.11 bits per heavy atom. The van der Waals surface area contributed by atoms with E-state index >= 15 is 0 Å². The molecule has 0 unspecified atom stereocenters. The van der Waals surface area contributed by atoms with Gasteiger partial charge in [-0.1, -0.05) is 121 Å². The van der Waals surface area contributed by atoms with Gasteiger partial charge in [-0.3, -0.25) is 0 Å². The highest BCUT2D eigenvalue weighted by Gasteiger charge is 2.28. The highest BCUT2D eigenvalue weighted by molar-refractivity contribution is 5.55. The summed E-state index contributed by atoms with van der Waals surface area (Å²) in [5.41, 5.74) is 13.9. The molecular weight excluding hydrogens is 552 g/mol. The number of likely N-dealkylation sites (N-methyl/N-ethyl adjacent to an activating group) is 1. The van der Waals surface area contributed by atoms with Gasteiger partial charge in [-0.25, -0.2) is 0 Å². The zero-order chi connectivity index (χ0) is 35.2. The van der Waals surface area contributed by atoms with E-state index in [4.69, 9.17) is 15.2 Å². The van der Waals surface area contributed by atoms with E-state index in [-0.39, 0.29) is 27.2 Å². The third kappa shape index (κ3) is 13.3. The maximum absolute atomic E-state index is 6.81. The molecule has 0 amide bonds. The second kappa shape index (κ2) is 15.7. The first kappa shape index (κ1) is 41.0. The lowest BCUT2D eigenvalue weighted by Crippen LogP contribution is -2.37. The van der Waals surface area contributed by atoms with Crippen LogP contribution in [0.2, 0.25) is 0 Å². The van der Waals surface area contributed by atoms with Crippen molar-refractivity contribution in [3.8, 4) is 11.5 Å². The second-order valence-corrected chi connectivity index (χ2v) is 17.9. The average Bonchev–Trinajstić information content (AvgIpc) is 2.86. The van der Waals surface area contributed by atoms with E-state index in [0.717, 1.165) is 43.9 Å². The Kier molecular flexibility index (Phi) is 14.3. The smallest absolute Gasteiger partial charge is 0.126 e. The molecule has 0 aliphatic rings. The molecule has 0 bridgehead atoms. The SMILES string of the molecule is CC.COc1c(Cc2cc(C(C)(C)C)cc(CC(C)(C)C)c2OCCN(C)CCC(C)(C)N)cc(C(C)(C)C)cc1C(C)(C)C. The molecule has 0 aliphatic carbocycles. The summed E-state index contributed by atoms with van der Waals surface area (Å²) in [6.45, 7) is 38.2. The van der Waals surface area contributed by atoms with E-state index in [1.165, 1.54) is 33.4 Å². The van der Waals surface area contributed by atoms with Crippen molar-refractivity contribution in [1.29, 1.82) is 0 Å². The molecule has 2 N–H and O–H groups in total. The van der Waals surface area contributed by atoms with Crippen molar-refractivity contribution in [3.63, 3.8) is 0 Å². The van der Waals surface area contributed by atoms with Crippen LogP contribution < -0.4 is 15.2 Å². The molecule has 0 saturated carbocycles. The molecule has 0 spiro atoms. The van der Waals surface area contributed by atoms with E-state index in [1.54, 1.807) is 0 Å². The minimum Gasteiger partial charge on any atom is -0.496 e. The highest BCUT2D eigenvalue weighted by Crippen LogP contribution is 2.42. The van der Waals surface area contributed by atoms with Crippen molar-refractivity contribution >= 4 is 0 Å². The van der Waals surface area contributed by atoms with Crippen molar-refractivity contribution < 1.29 is 9.47 Å². The Labute approximate surface area is 279 Å². The molecule has 0 atom stereocenters. The zero-order valence-electron chi connectivity index (χ0n) is 32.9. The van der Waals surface area contributed by atoms with Gasteiger partial charge < -0.3 is 20.1 Å². The number of nitrogens with two attached hydrogens (primary N) is 1. The molecule has 45 heavy (non-hydrogen) atoms. The molecule has 0 aromatic heterocycles. The second-order valence-electron chi connectivity index (χ2n) is 17.9. The minimum atomic E-state index is -0.169. The van der Waals surface area contributed by atoms with Crippen LogP contribution >= 0.6 is 0 Å². The molecule has 258 valence electrons. The van der Waals surface area contributed by atoms with Crippen LogP contribution in [0.25, 0.3) is 0 Å². The van der Waals surface area contributed by atoms with Crippen LogP contribution in [0.1, 0.15) is 151 Å². The minimum absolute atomic E-state index is 0.0169. The molecule has 2 aromatic carbocycles. The van der Waals surface area contributed by atoms with Crippen molar-refractivity contribution in [2.75, 3.05) is 33.9 Å². The summed E-state index contributed by atoms with van der Waals surface area (Å²) in [4.78, 5) is 2.33. The van der Waals surface area contributed by atoms with Gasteiger partial charge in [0.25, 0.3) is 0 Å². The number of nitrogens with zero attached hydrogens (tertiary/aromatic N) is 1. The van der Waals surface area contributed by atoms with E-state index in [2.05, 4.69) is 133 Å². The molecule has 0 saturated heterocycles. The van der Waals surface area contributed by atoms with Gasteiger partial charge in [0, 0.05) is 24.1 Å². The summed E-state index contributed by atoms with van der Waals surface area (Å²) in [6, 6.07) is 9.51. The summed E-state index contributed by atoms with van der Waals surface area (Å²) < 4.78 is 13.0.